The van der Waals surface area contributed by atoms with Crippen molar-refractivity contribution in [1.82, 2.24) is 15.2 Å². The molecule has 0 spiro atoms. The predicted molar refractivity (Wildman–Crippen MR) is 114 cm³/mol. The molecule has 6 heteroatoms. The lowest BCUT2D eigenvalue weighted by molar-refractivity contribution is 0.119. The third kappa shape index (κ3) is 6.63. The maximum Gasteiger partial charge on any atom is 0.194 e. The summed E-state index contributed by atoms with van der Waals surface area (Å²) in [6.07, 6.45) is 1.06. The molecule has 1 aromatic heterocycles. The maximum absolute atomic E-state index is 5.35. The molecular weight excluding hydrogens is 356 g/mol. The Kier molecular flexibility index (Phi) is 8.75. The molecule has 27 heavy (non-hydrogen) atoms. The second-order valence-electron chi connectivity index (χ2n) is 6.75. The van der Waals surface area contributed by atoms with Gasteiger partial charge in [0.15, 0.2) is 5.96 Å². The molecule has 148 valence electrons. The van der Waals surface area contributed by atoms with Crippen molar-refractivity contribution in [3.63, 3.8) is 0 Å². The van der Waals surface area contributed by atoms with Crippen LogP contribution in [0.25, 0.3) is 0 Å². The van der Waals surface area contributed by atoms with Gasteiger partial charge in [-0.15, -0.1) is 11.3 Å². The van der Waals surface area contributed by atoms with Crippen molar-refractivity contribution in [2.45, 2.75) is 45.8 Å². The molecule has 0 bridgehead atoms. The van der Waals surface area contributed by atoms with Crippen LogP contribution in [0.5, 0.6) is 0 Å². The second-order valence-corrected chi connectivity index (χ2v) is 7.64. The van der Waals surface area contributed by atoms with E-state index in [-0.39, 0.29) is 6.10 Å². The third-order valence-corrected chi connectivity index (χ3v) is 5.61. The lowest BCUT2D eigenvalue weighted by Crippen LogP contribution is -2.38. The summed E-state index contributed by atoms with van der Waals surface area (Å²) in [5.41, 5.74) is 2.41. The number of rotatable bonds is 9. The molecule has 0 saturated carbocycles. The first-order valence-corrected chi connectivity index (χ1v) is 10.4. The largest absolute Gasteiger partial charge is 0.375 e. The highest BCUT2D eigenvalue weighted by Gasteiger charge is 2.13. The molecule has 1 N–H and O–H groups in total. The topological polar surface area (TPSA) is 49.8 Å². The van der Waals surface area contributed by atoms with Crippen LogP contribution in [-0.4, -0.2) is 43.1 Å². The Morgan fingerprint density at radius 1 is 1.30 bits per heavy atom. The fourth-order valence-corrected chi connectivity index (χ4v) is 3.62. The number of aromatic nitrogens is 1. The van der Waals surface area contributed by atoms with Gasteiger partial charge in [0, 0.05) is 32.6 Å². The van der Waals surface area contributed by atoms with Crippen molar-refractivity contribution in [3.8, 4) is 0 Å². The number of guanidine groups is 1. The first-order valence-electron chi connectivity index (χ1n) is 9.56. The molecule has 0 aliphatic heterocycles. The molecule has 1 aromatic carbocycles. The van der Waals surface area contributed by atoms with E-state index in [9.17, 15) is 0 Å². The van der Waals surface area contributed by atoms with E-state index in [0.29, 0.717) is 5.92 Å². The molecule has 0 aliphatic carbocycles. The molecule has 0 fully saturated rings. The van der Waals surface area contributed by atoms with Crippen LogP contribution in [0.3, 0.4) is 0 Å². The van der Waals surface area contributed by atoms with Gasteiger partial charge in [-0.2, -0.15) is 0 Å². The summed E-state index contributed by atoms with van der Waals surface area (Å²) in [5, 5.41) is 6.50. The number of nitrogens with zero attached hydrogens (tertiary/aromatic N) is 3. The standard InChI is InChI=1S/C21H32N4OS/c1-6-22-21(23-13-12-16(2)18-10-8-7-9-11-18)25(4)14-19-15-27-20(24-19)17(3)26-5/h7-11,15-17H,6,12-14H2,1-5H3,(H,22,23). The van der Waals surface area contributed by atoms with Crippen LogP contribution in [-0.2, 0) is 11.3 Å². The first-order chi connectivity index (χ1) is 13.0. The zero-order chi connectivity index (χ0) is 19.6. The molecule has 2 rings (SSSR count). The van der Waals surface area contributed by atoms with Crippen LogP contribution in [0.15, 0.2) is 40.7 Å². The molecule has 1 heterocycles. The van der Waals surface area contributed by atoms with E-state index in [1.807, 2.05) is 6.92 Å². The highest BCUT2D eigenvalue weighted by atomic mass is 32.1. The summed E-state index contributed by atoms with van der Waals surface area (Å²) in [4.78, 5) is 11.6. The van der Waals surface area contributed by atoms with Gasteiger partial charge in [0.2, 0.25) is 0 Å². The van der Waals surface area contributed by atoms with Gasteiger partial charge in [-0.05, 0) is 31.7 Å². The van der Waals surface area contributed by atoms with E-state index in [0.717, 1.165) is 42.7 Å². The number of hydrogen-bond acceptors (Lipinski definition) is 4. The Hall–Kier alpha value is -1.92. The van der Waals surface area contributed by atoms with Crippen molar-refractivity contribution < 1.29 is 4.74 Å². The molecule has 5 nitrogen and oxygen atoms in total. The van der Waals surface area contributed by atoms with Crippen molar-refractivity contribution in [3.05, 3.63) is 52.0 Å². The summed E-state index contributed by atoms with van der Waals surface area (Å²) in [7, 11) is 3.77. The summed E-state index contributed by atoms with van der Waals surface area (Å²) in [5.74, 6) is 1.42. The van der Waals surface area contributed by atoms with Gasteiger partial charge >= 0.3 is 0 Å². The molecule has 0 aliphatic rings. The van der Waals surface area contributed by atoms with Crippen LogP contribution in [0.2, 0.25) is 0 Å². The van der Waals surface area contributed by atoms with Crippen LogP contribution < -0.4 is 5.32 Å². The monoisotopic (exact) mass is 388 g/mol. The first kappa shape index (κ1) is 21.4. The van der Waals surface area contributed by atoms with Crippen molar-refractivity contribution in [2.75, 3.05) is 27.2 Å². The van der Waals surface area contributed by atoms with Gasteiger partial charge < -0.3 is 15.0 Å². The minimum Gasteiger partial charge on any atom is -0.375 e. The van der Waals surface area contributed by atoms with Crippen LogP contribution in [0, 0.1) is 0 Å². The Labute approximate surface area is 167 Å². The number of aliphatic imine (C=N–C) groups is 1. The fraction of sp³-hybridized carbons (Fsp3) is 0.524. The highest BCUT2D eigenvalue weighted by molar-refractivity contribution is 7.09. The summed E-state index contributed by atoms with van der Waals surface area (Å²) in [6.45, 7) is 8.75. The lowest BCUT2D eigenvalue weighted by atomic mass is 9.98. The molecule has 2 atom stereocenters. The van der Waals surface area contributed by atoms with Crippen molar-refractivity contribution in [1.29, 1.82) is 0 Å². The van der Waals surface area contributed by atoms with Gasteiger partial charge in [-0.1, -0.05) is 37.3 Å². The van der Waals surface area contributed by atoms with E-state index >= 15 is 0 Å². The highest BCUT2D eigenvalue weighted by Crippen LogP contribution is 2.21. The molecule has 2 unspecified atom stereocenters. The van der Waals surface area contributed by atoms with Gasteiger partial charge in [0.05, 0.1) is 12.2 Å². The predicted octanol–water partition coefficient (Wildman–Crippen LogP) is 4.44. The lowest BCUT2D eigenvalue weighted by Gasteiger charge is -2.21. The third-order valence-electron chi connectivity index (χ3n) is 4.56. The molecular formula is C21H32N4OS. The van der Waals surface area contributed by atoms with Gasteiger partial charge in [0.1, 0.15) is 11.1 Å². The Morgan fingerprint density at radius 3 is 2.70 bits per heavy atom. The van der Waals surface area contributed by atoms with Gasteiger partial charge in [-0.3, -0.25) is 4.99 Å². The van der Waals surface area contributed by atoms with Crippen molar-refractivity contribution >= 4 is 17.3 Å². The average Bonchev–Trinajstić information content (AvgIpc) is 3.15. The number of hydrogen-bond donors (Lipinski definition) is 1. The Bertz CT molecular complexity index is 701. The molecule has 0 radical (unpaired) electrons. The minimum absolute atomic E-state index is 0.0374. The summed E-state index contributed by atoms with van der Waals surface area (Å²) >= 11 is 1.65. The van der Waals surface area contributed by atoms with Gasteiger partial charge in [0.25, 0.3) is 0 Å². The Morgan fingerprint density at radius 2 is 2.04 bits per heavy atom. The fourth-order valence-electron chi connectivity index (χ4n) is 2.78. The smallest absolute Gasteiger partial charge is 0.194 e. The maximum atomic E-state index is 5.35. The van der Waals surface area contributed by atoms with E-state index < -0.39 is 0 Å². The molecule has 0 amide bonds. The van der Waals surface area contributed by atoms with E-state index in [2.05, 4.69) is 71.8 Å². The Balaban J connectivity index is 1.94. The van der Waals surface area contributed by atoms with Crippen molar-refractivity contribution in [2.24, 2.45) is 4.99 Å². The zero-order valence-corrected chi connectivity index (χ0v) is 17.9. The number of thiazole rings is 1. The SMILES string of the molecule is CCNC(=NCCC(C)c1ccccc1)N(C)Cc1csc(C(C)OC)n1. The second kappa shape index (κ2) is 11.0. The van der Waals surface area contributed by atoms with E-state index in [1.54, 1.807) is 18.4 Å². The quantitative estimate of drug-likeness (QED) is 0.510. The number of benzene rings is 1. The zero-order valence-electron chi connectivity index (χ0n) is 17.1. The summed E-state index contributed by atoms with van der Waals surface area (Å²) < 4.78 is 5.35. The number of methoxy groups -OCH3 is 1. The molecule has 2 aromatic rings. The molecule has 0 saturated heterocycles. The summed E-state index contributed by atoms with van der Waals surface area (Å²) in [6, 6.07) is 10.6. The number of ether oxygens (including phenoxy) is 1. The average molecular weight is 389 g/mol. The van der Waals surface area contributed by atoms with Crippen LogP contribution in [0.4, 0.5) is 0 Å². The number of nitrogens with one attached hydrogen (secondary N) is 1. The van der Waals surface area contributed by atoms with Gasteiger partial charge in [-0.25, -0.2) is 4.98 Å². The normalized spacial score (nSPS) is 14.0. The van der Waals surface area contributed by atoms with Crippen LogP contribution in [0.1, 0.15) is 55.5 Å². The van der Waals surface area contributed by atoms with E-state index in [1.165, 1.54) is 5.56 Å². The minimum atomic E-state index is 0.0374. The van der Waals surface area contributed by atoms with Crippen LogP contribution >= 0.6 is 11.3 Å². The van der Waals surface area contributed by atoms with E-state index in [4.69, 9.17) is 9.73 Å².